The number of rotatable bonds is 7. The van der Waals surface area contributed by atoms with Gasteiger partial charge >= 0.3 is 0 Å². The minimum absolute atomic E-state index is 0.0390. The third kappa shape index (κ3) is 5.75. The van der Waals surface area contributed by atoms with Gasteiger partial charge in [-0.2, -0.15) is 0 Å². The Morgan fingerprint density at radius 2 is 1.81 bits per heavy atom. The summed E-state index contributed by atoms with van der Waals surface area (Å²) in [4.78, 5) is 27.7. The number of amides is 2. The Balaban J connectivity index is 1.26. The van der Waals surface area contributed by atoms with Gasteiger partial charge in [-0.15, -0.1) is 10.2 Å². The summed E-state index contributed by atoms with van der Waals surface area (Å²) in [5.74, 6) is 0.394. The Morgan fingerprint density at radius 3 is 2.53 bits per heavy atom. The minimum atomic E-state index is -0.214. The van der Waals surface area contributed by atoms with Gasteiger partial charge in [-0.05, 0) is 84.9 Å². The van der Waals surface area contributed by atoms with Crippen LogP contribution in [0.1, 0.15) is 65.8 Å². The van der Waals surface area contributed by atoms with Crippen LogP contribution in [0.5, 0.6) is 0 Å². The quantitative estimate of drug-likeness (QED) is 0.443. The summed E-state index contributed by atoms with van der Waals surface area (Å²) in [7, 11) is 0. The fraction of sp³-hybridized carbons (Fsp3) is 0.429. The highest BCUT2D eigenvalue weighted by atomic mass is 32.1. The third-order valence-corrected chi connectivity index (χ3v) is 7.91. The summed E-state index contributed by atoms with van der Waals surface area (Å²) in [6.07, 6.45) is 4.75. The van der Waals surface area contributed by atoms with Crippen LogP contribution in [0.25, 0.3) is 11.1 Å². The average molecular weight is 504 g/mol. The van der Waals surface area contributed by atoms with Crippen molar-refractivity contribution in [3.63, 3.8) is 0 Å². The van der Waals surface area contributed by atoms with E-state index in [9.17, 15) is 9.59 Å². The maximum absolute atomic E-state index is 13.0. The van der Waals surface area contributed by atoms with E-state index in [4.69, 9.17) is 0 Å². The number of hydrogen-bond donors (Lipinski definition) is 2. The predicted octanol–water partition coefficient (Wildman–Crippen LogP) is 5.53. The second-order valence-electron chi connectivity index (χ2n) is 10.8. The van der Waals surface area contributed by atoms with Crippen molar-refractivity contribution in [2.45, 2.75) is 46.5 Å². The van der Waals surface area contributed by atoms with Crippen LogP contribution >= 0.6 is 11.3 Å². The molecule has 2 fully saturated rings. The van der Waals surface area contributed by atoms with Gasteiger partial charge in [0.1, 0.15) is 0 Å². The van der Waals surface area contributed by atoms with Crippen molar-refractivity contribution in [1.82, 2.24) is 15.5 Å². The minimum Gasteiger partial charge on any atom is -0.352 e. The van der Waals surface area contributed by atoms with Crippen LogP contribution in [0.4, 0.5) is 10.3 Å². The smallest absolute Gasteiger partial charge is 0.257 e. The van der Waals surface area contributed by atoms with Gasteiger partial charge in [-0.3, -0.25) is 14.9 Å². The normalized spacial score (nSPS) is 17.0. The predicted molar refractivity (Wildman–Crippen MR) is 145 cm³/mol. The second-order valence-corrected chi connectivity index (χ2v) is 11.7. The zero-order valence-electron chi connectivity index (χ0n) is 21.1. The Kier molecular flexibility index (Phi) is 6.79. The molecule has 3 aromatic rings. The molecule has 2 aliphatic rings. The average Bonchev–Trinajstić information content (AvgIpc) is 3.58. The first-order valence-electron chi connectivity index (χ1n) is 12.7. The highest BCUT2D eigenvalue weighted by molar-refractivity contribution is 7.19. The van der Waals surface area contributed by atoms with Gasteiger partial charge in [0.2, 0.25) is 10.3 Å². The Bertz CT molecular complexity index is 1260. The number of nitrogens with zero attached hydrogens (tertiary/aromatic N) is 3. The molecule has 8 heteroatoms. The molecule has 0 spiro atoms. The van der Waals surface area contributed by atoms with E-state index >= 15 is 0 Å². The molecule has 1 aliphatic carbocycles. The molecule has 0 atom stereocenters. The van der Waals surface area contributed by atoms with Crippen LogP contribution < -0.4 is 15.5 Å². The van der Waals surface area contributed by atoms with E-state index < -0.39 is 0 Å². The van der Waals surface area contributed by atoms with Gasteiger partial charge in [0.15, 0.2) is 0 Å². The fourth-order valence-electron chi connectivity index (χ4n) is 4.69. The van der Waals surface area contributed by atoms with Crippen LogP contribution in [0, 0.1) is 18.3 Å². The van der Waals surface area contributed by atoms with Crippen LogP contribution in [0.15, 0.2) is 42.5 Å². The van der Waals surface area contributed by atoms with E-state index in [0.29, 0.717) is 22.2 Å². The van der Waals surface area contributed by atoms with Crippen molar-refractivity contribution in [3.8, 4) is 11.1 Å². The third-order valence-electron chi connectivity index (χ3n) is 7.01. The lowest BCUT2D eigenvalue weighted by atomic mass is 9.84. The molecule has 2 N–H and O–H groups in total. The number of nitrogens with one attached hydrogen (secondary N) is 2. The van der Waals surface area contributed by atoms with Gasteiger partial charge in [0.25, 0.3) is 11.8 Å². The molecule has 1 saturated carbocycles. The topological polar surface area (TPSA) is 87.2 Å². The molecule has 1 aromatic heterocycles. The lowest BCUT2D eigenvalue weighted by Crippen LogP contribution is -2.40. The molecule has 0 unspecified atom stereocenters. The van der Waals surface area contributed by atoms with E-state index in [2.05, 4.69) is 39.6 Å². The van der Waals surface area contributed by atoms with Crippen molar-refractivity contribution < 1.29 is 9.59 Å². The number of hydrogen-bond acceptors (Lipinski definition) is 6. The van der Waals surface area contributed by atoms with E-state index in [1.54, 1.807) is 0 Å². The molecule has 0 bridgehead atoms. The summed E-state index contributed by atoms with van der Waals surface area (Å²) in [6.45, 7) is 9.23. The highest BCUT2D eigenvalue weighted by Gasteiger charge is 2.28. The van der Waals surface area contributed by atoms with Crippen LogP contribution in [0.3, 0.4) is 0 Å². The lowest BCUT2D eigenvalue weighted by Gasteiger charge is -2.37. The molecule has 7 nitrogen and oxygen atoms in total. The Hall–Kier alpha value is -3.26. The van der Waals surface area contributed by atoms with Gasteiger partial charge in [-0.1, -0.05) is 43.4 Å². The molecule has 0 radical (unpaired) electrons. The zero-order chi connectivity index (χ0) is 25.3. The number of aromatic nitrogens is 2. The molecule has 1 saturated heterocycles. The molecule has 2 aromatic carbocycles. The summed E-state index contributed by atoms with van der Waals surface area (Å²) >= 11 is 1.41. The van der Waals surface area contributed by atoms with Crippen molar-refractivity contribution >= 4 is 33.4 Å². The van der Waals surface area contributed by atoms with E-state index in [0.717, 1.165) is 47.9 Å². The number of carbonyl (C=O) groups excluding carboxylic acids is 2. The number of aryl methyl sites for hydroxylation is 1. The van der Waals surface area contributed by atoms with Gasteiger partial charge < -0.3 is 10.2 Å². The lowest BCUT2D eigenvalue weighted by molar-refractivity contribution is 0.0951. The highest BCUT2D eigenvalue weighted by Crippen LogP contribution is 2.34. The Labute approximate surface area is 216 Å². The molecule has 2 amide bonds. The number of anilines is 2. The summed E-state index contributed by atoms with van der Waals surface area (Å²) in [5.41, 5.74) is 4.44. The monoisotopic (exact) mass is 503 g/mol. The number of benzene rings is 2. The van der Waals surface area contributed by atoms with Crippen molar-refractivity contribution in [3.05, 3.63) is 59.2 Å². The van der Waals surface area contributed by atoms with Crippen molar-refractivity contribution in [1.29, 1.82) is 0 Å². The molecule has 36 heavy (non-hydrogen) atoms. The zero-order valence-corrected chi connectivity index (χ0v) is 22.0. The fourth-order valence-corrected chi connectivity index (χ4v) is 5.45. The summed E-state index contributed by atoms with van der Waals surface area (Å²) in [6, 6.07) is 13.2. The second kappa shape index (κ2) is 10.0. The van der Waals surface area contributed by atoms with E-state index in [1.165, 1.54) is 30.6 Å². The maximum atomic E-state index is 13.0. The first kappa shape index (κ1) is 24.4. The number of piperidine rings is 1. The largest absolute Gasteiger partial charge is 0.352 e. The maximum Gasteiger partial charge on any atom is 0.257 e. The summed E-state index contributed by atoms with van der Waals surface area (Å²) < 4.78 is 0. The molecule has 5 rings (SSSR count). The first-order valence-corrected chi connectivity index (χ1v) is 13.5. The van der Waals surface area contributed by atoms with Crippen LogP contribution in [-0.4, -0.2) is 41.6 Å². The van der Waals surface area contributed by atoms with Crippen LogP contribution in [-0.2, 0) is 0 Å². The first-order chi connectivity index (χ1) is 17.3. The van der Waals surface area contributed by atoms with E-state index in [-0.39, 0.29) is 17.2 Å². The summed E-state index contributed by atoms with van der Waals surface area (Å²) in [5, 5.41) is 15.8. The van der Waals surface area contributed by atoms with Gasteiger partial charge in [0.05, 0.1) is 0 Å². The van der Waals surface area contributed by atoms with Gasteiger partial charge in [0, 0.05) is 30.8 Å². The molecule has 2 heterocycles. The Morgan fingerprint density at radius 1 is 1.06 bits per heavy atom. The number of carbonyl (C=O) groups is 2. The van der Waals surface area contributed by atoms with Crippen molar-refractivity contribution in [2.24, 2.45) is 11.3 Å². The van der Waals surface area contributed by atoms with Crippen LogP contribution in [0.2, 0.25) is 0 Å². The van der Waals surface area contributed by atoms with Crippen molar-refractivity contribution in [2.75, 3.05) is 29.9 Å². The molecule has 1 aliphatic heterocycles. The molecular weight excluding hydrogens is 470 g/mol. The standard InChI is InChI=1S/C28H33N5O2S/c1-18-5-8-22(15-23(18)20-9-11-21(12-10-20)24(34)29-16-19-6-7-19)25(35)30-26-31-32-27(36-26)33-14-4-13-28(2,3)17-33/h5,8-12,15,19H,4,6-7,13-14,16-17H2,1-3H3,(H,29,34)(H,30,31,35). The molecule has 188 valence electrons. The molecular formula is C28H33N5O2S. The SMILES string of the molecule is Cc1ccc(C(=O)Nc2nnc(N3CCCC(C)(C)C3)s2)cc1-c1ccc(C(=O)NCC2CC2)cc1. The van der Waals surface area contributed by atoms with E-state index in [1.807, 2.05) is 49.4 Å². The van der Waals surface area contributed by atoms with Gasteiger partial charge in [-0.25, -0.2) is 0 Å².